The number of carbonyl (C=O) groups excluding carboxylic acids is 1. The van der Waals surface area contributed by atoms with Gasteiger partial charge in [0.25, 0.3) is 0 Å². The van der Waals surface area contributed by atoms with Crippen LogP contribution in [0.25, 0.3) is 0 Å². The molecule has 0 saturated heterocycles. The first-order valence-corrected chi connectivity index (χ1v) is 17.9. The standard InChI is InChI=1S/C19H43N2.C14H2.C10H22N2O2.H2S/c1-4-5-6-7-8-9-10-11-12-13-14-15-18-21(2,3)19-16-17-20;1-3-5-7-9-11-13-14-12-10-8-6-4-2;1-10(2,3)14-9(13)11-7-6-8-12(4)5;/h4-20H2,1-3H3;1-2H;6-8H2,1-5H3,(H,11,13);1H2/q+1;;;. The summed E-state index contributed by atoms with van der Waals surface area (Å²) in [6.45, 7) is 12.9. The van der Waals surface area contributed by atoms with E-state index in [0.717, 1.165) is 30.4 Å². The summed E-state index contributed by atoms with van der Waals surface area (Å²) in [7, 11) is 8.70. The fraction of sp³-hybridized carbons (Fsp3) is 0.651. The number of terminal acetylenes is 2. The molecule has 0 fully saturated rings. The Balaban J connectivity index is -0.000000325. The second kappa shape index (κ2) is 39.9. The van der Waals surface area contributed by atoms with E-state index in [1.54, 1.807) is 0 Å². The van der Waals surface area contributed by atoms with Crippen LogP contribution in [0.4, 0.5) is 4.79 Å². The lowest BCUT2D eigenvalue weighted by molar-refractivity contribution is -0.890. The number of nitrogens with zero attached hydrogens (tertiary/aromatic N) is 2. The van der Waals surface area contributed by atoms with Crippen molar-refractivity contribution in [2.75, 3.05) is 60.9 Å². The third kappa shape index (κ3) is 53.9. The summed E-state index contributed by atoms with van der Waals surface area (Å²) in [5, 5.41) is 2.71. The number of amides is 1. The van der Waals surface area contributed by atoms with Gasteiger partial charge in [-0.2, -0.15) is 13.5 Å². The maximum atomic E-state index is 11.2. The number of ether oxygens (including phenoxy) is 1. The van der Waals surface area contributed by atoms with Crippen LogP contribution >= 0.6 is 13.5 Å². The lowest BCUT2D eigenvalue weighted by atomic mass is 10.1. The van der Waals surface area contributed by atoms with Gasteiger partial charge in [-0.25, -0.2) is 4.79 Å². The molecule has 0 aliphatic rings. The van der Waals surface area contributed by atoms with Crippen molar-refractivity contribution in [3.05, 3.63) is 0 Å². The highest BCUT2D eigenvalue weighted by atomic mass is 32.1. The Morgan fingerprint density at radius 2 is 1.06 bits per heavy atom. The van der Waals surface area contributed by atoms with Gasteiger partial charge in [-0.1, -0.05) is 71.1 Å². The molecule has 0 rings (SSSR count). The first-order chi connectivity index (χ1) is 23.3. The summed E-state index contributed by atoms with van der Waals surface area (Å²) in [5.41, 5.74) is 5.18. The summed E-state index contributed by atoms with van der Waals surface area (Å²) >= 11 is 0. The molecular weight excluding hydrogens is 637 g/mol. The second-order valence-electron chi connectivity index (χ2n) is 13.5. The average Bonchev–Trinajstić information content (AvgIpc) is 3.03. The molecule has 0 aromatic heterocycles. The lowest BCUT2D eigenvalue weighted by Gasteiger charge is -2.29. The van der Waals surface area contributed by atoms with E-state index < -0.39 is 5.60 Å². The zero-order valence-corrected chi connectivity index (χ0v) is 33.9. The van der Waals surface area contributed by atoms with E-state index >= 15 is 0 Å². The van der Waals surface area contributed by atoms with E-state index in [9.17, 15) is 4.79 Å². The molecule has 0 saturated carbocycles. The minimum Gasteiger partial charge on any atom is -0.444 e. The largest absolute Gasteiger partial charge is 0.444 e. The van der Waals surface area contributed by atoms with Crippen LogP contribution in [0.5, 0.6) is 0 Å². The van der Waals surface area contributed by atoms with Crippen LogP contribution in [0, 0.1) is 83.9 Å². The number of nitrogens with one attached hydrogen (secondary N) is 1. The SMILES string of the molecule is C#CC#CC#CC#CC#CC#CC#C.CCCCCCCCCCCCCC[N+](C)(C)CCCN.CN(C)CCCNC(=O)OC(C)(C)C.S. The van der Waals surface area contributed by atoms with Crippen molar-refractivity contribution >= 4 is 19.6 Å². The van der Waals surface area contributed by atoms with Gasteiger partial charge in [-0.3, -0.25) is 0 Å². The molecule has 6 nitrogen and oxygen atoms in total. The predicted octanol–water partition coefficient (Wildman–Crippen LogP) is 6.96. The molecule has 50 heavy (non-hydrogen) atoms. The van der Waals surface area contributed by atoms with Crippen LogP contribution in [0.2, 0.25) is 0 Å². The van der Waals surface area contributed by atoms with Crippen LogP contribution in [-0.2, 0) is 4.74 Å². The number of nitrogens with two attached hydrogens (primary N) is 1. The fourth-order valence-corrected chi connectivity index (χ4v) is 4.23. The normalized spacial score (nSPS) is 9.28. The summed E-state index contributed by atoms with van der Waals surface area (Å²) < 4.78 is 6.23. The van der Waals surface area contributed by atoms with Gasteiger partial charge in [0.2, 0.25) is 0 Å². The molecule has 0 atom stereocenters. The molecule has 0 spiro atoms. The number of quaternary nitrogens is 1. The van der Waals surface area contributed by atoms with Crippen molar-refractivity contribution in [1.82, 2.24) is 10.2 Å². The Labute approximate surface area is 316 Å². The van der Waals surface area contributed by atoms with Crippen molar-refractivity contribution in [2.24, 2.45) is 5.73 Å². The molecule has 0 bridgehead atoms. The van der Waals surface area contributed by atoms with E-state index in [-0.39, 0.29) is 19.6 Å². The minimum atomic E-state index is -0.411. The van der Waals surface area contributed by atoms with Crippen molar-refractivity contribution in [3.63, 3.8) is 0 Å². The predicted molar refractivity (Wildman–Crippen MR) is 221 cm³/mol. The first-order valence-electron chi connectivity index (χ1n) is 17.9. The molecule has 278 valence electrons. The smallest absolute Gasteiger partial charge is 0.407 e. The molecule has 0 aliphatic carbocycles. The molecule has 0 aliphatic heterocycles. The number of hydrogen-bond donors (Lipinski definition) is 2. The quantitative estimate of drug-likeness (QED) is 0.0817. The van der Waals surface area contributed by atoms with Crippen LogP contribution in [-0.4, -0.2) is 82.0 Å². The Morgan fingerprint density at radius 3 is 1.42 bits per heavy atom. The molecule has 7 heteroatoms. The topological polar surface area (TPSA) is 67.6 Å². The molecule has 3 N–H and O–H groups in total. The summed E-state index contributed by atoms with van der Waals surface area (Å²) in [6.07, 6.45) is 28.7. The Bertz CT molecular complexity index is 1190. The Hall–Kier alpha value is -3.58. The average molecular weight is 706 g/mol. The number of alkyl carbamates (subject to hydrolysis) is 1. The minimum absolute atomic E-state index is 0. The van der Waals surface area contributed by atoms with Gasteiger partial charge in [-0.05, 0) is 138 Å². The summed E-state index contributed by atoms with van der Waals surface area (Å²) in [5.74, 6) is 28.3. The Morgan fingerprint density at radius 1 is 0.680 bits per heavy atom. The van der Waals surface area contributed by atoms with Gasteiger partial charge in [0.05, 0.1) is 27.2 Å². The van der Waals surface area contributed by atoms with Gasteiger partial charge in [0, 0.05) is 13.0 Å². The highest BCUT2D eigenvalue weighted by Crippen LogP contribution is 2.13. The maximum absolute atomic E-state index is 11.2. The van der Waals surface area contributed by atoms with Gasteiger partial charge < -0.3 is 25.2 Å². The zero-order chi connectivity index (χ0) is 37.5. The number of hydrogen-bond acceptors (Lipinski definition) is 4. The van der Waals surface area contributed by atoms with Gasteiger partial charge in [-0.15, -0.1) is 12.8 Å². The number of unbranched alkanes of at least 4 members (excludes halogenated alkanes) is 11. The van der Waals surface area contributed by atoms with Crippen LogP contribution in [0.3, 0.4) is 0 Å². The molecule has 0 radical (unpaired) electrons. The molecule has 0 unspecified atom stereocenters. The van der Waals surface area contributed by atoms with Crippen LogP contribution in [0.15, 0.2) is 0 Å². The van der Waals surface area contributed by atoms with E-state index in [1.165, 1.54) is 90.1 Å². The van der Waals surface area contributed by atoms with Crippen molar-refractivity contribution in [3.8, 4) is 83.9 Å². The molecule has 0 aromatic rings. The van der Waals surface area contributed by atoms with Crippen molar-refractivity contribution < 1.29 is 14.0 Å². The highest BCUT2D eigenvalue weighted by Gasteiger charge is 2.15. The fourth-order valence-electron chi connectivity index (χ4n) is 4.23. The van der Waals surface area contributed by atoms with E-state index in [0.29, 0.717) is 6.54 Å². The molecule has 0 aromatic carbocycles. The zero-order valence-electron chi connectivity index (χ0n) is 32.9. The van der Waals surface area contributed by atoms with Gasteiger partial charge in [0.1, 0.15) is 5.60 Å². The van der Waals surface area contributed by atoms with E-state index in [1.807, 2.05) is 34.9 Å². The molecule has 1 amide bonds. The number of carbonyl (C=O) groups is 1. The maximum Gasteiger partial charge on any atom is 0.407 e. The Kier molecular flexibility index (Phi) is 42.4. The first kappa shape index (κ1) is 53.2. The second-order valence-corrected chi connectivity index (χ2v) is 13.5. The third-order valence-electron chi connectivity index (χ3n) is 6.74. The molecule has 0 heterocycles. The van der Waals surface area contributed by atoms with Gasteiger partial charge >= 0.3 is 6.09 Å². The van der Waals surface area contributed by atoms with Crippen LogP contribution < -0.4 is 11.1 Å². The van der Waals surface area contributed by atoms with Crippen LogP contribution in [0.1, 0.15) is 118 Å². The summed E-state index contributed by atoms with van der Waals surface area (Å²) in [4.78, 5) is 13.2. The third-order valence-corrected chi connectivity index (χ3v) is 6.74. The molecular formula is C43H69N4O2S+. The van der Waals surface area contributed by atoms with Crippen molar-refractivity contribution in [2.45, 2.75) is 123 Å². The monoisotopic (exact) mass is 706 g/mol. The summed E-state index contributed by atoms with van der Waals surface area (Å²) in [6, 6.07) is 0. The number of rotatable bonds is 20. The van der Waals surface area contributed by atoms with E-state index in [2.05, 4.69) is 102 Å². The van der Waals surface area contributed by atoms with Crippen molar-refractivity contribution in [1.29, 1.82) is 0 Å². The highest BCUT2D eigenvalue weighted by molar-refractivity contribution is 7.59. The van der Waals surface area contributed by atoms with E-state index in [4.69, 9.17) is 23.3 Å². The van der Waals surface area contributed by atoms with Gasteiger partial charge in [0.15, 0.2) is 0 Å². The lowest BCUT2D eigenvalue weighted by Crippen LogP contribution is -2.41.